The molecular formula is C22H24ClF3N4O2. The number of alkyl halides is 3. The molecule has 0 radical (unpaired) electrons. The number of aromatic nitrogens is 1. The average molecular weight is 469 g/mol. The van der Waals surface area contributed by atoms with E-state index in [0.717, 1.165) is 18.9 Å². The number of rotatable bonds is 4. The van der Waals surface area contributed by atoms with Crippen molar-refractivity contribution < 1.29 is 23.1 Å². The van der Waals surface area contributed by atoms with Crippen LogP contribution in [0.4, 0.5) is 19.0 Å². The Morgan fingerprint density at radius 2 is 1.78 bits per heavy atom. The highest BCUT2D eigenvalue weighted by Crippen LogP contribution is 2.30. The van der Waals surface area contributed by atoms with Crippen molar-refractivity contribution in [2.24, 2.45) is 0 Å². The van der Waals surface area contributed by atoms with E-state index in [2.05, 4.69) is 10.3 Å². The van der Waals surface area contributed by atoms with Crippen molar-refractivity contribution in [2.75, 3.05) is 31.1 Å². The van der Waals surface area contributed by atoms with E-state index in [1.807, 2.05) is 0 Å². The number of nitrogens with zero attached hydrogens (tertiary/aromatic N) is 3. The minimum absolute atomic E-state index is 0.0391. The molecule has 2 N–H and O–H groups in total. The molecule has 2 atom stereocenters. The summed E-state index contributed by atoms with van der Waals surface area (Å²) in [6.07, 6.45) is -3.78. The molecule has 1 aromatic carbocycles. The lowest BCUT2D eigenvalue weighted by Gasteiger charge is -2.34. The van der Waals surface area contributed by atoms with Gasteiger partial charge < -0.3 is 20.2 Å². The second-order valence-electron chi connectivity index (χ2n) is 8.20. The van der Waals surface area contributed by atoms with Gasteiger partial charge in [0, 0.05) is 42.8 Å². The number of pyridine rings is 1. The number of nitrogens with one attached hydrogen (secondary N) is 1. The molecule has 0 bridgehead atoms. The number of likely N-dealkylation sites (tertiary alicyclic amines) is 1. The molecule has 2 aromatic rings. The molecule has 3 heterocycles. The first-order valence-corrected chi connectivity index (χ1v) is 10.9. The lowest BCUT2D eigenvalue weighted by Crippen LogP contribution is -2.50. The summed E-state index contributed by atoms with van der Waals surface area (Å²) >= 11 is 5.88. The lowest BCUT2D eigenvalue weighted by molar-refractivity contribution is -0.141. The van der Waals surface area contributed by atoms with Gasteiger partial charge in [-0.1, -0.05) is 17.7 Å². The Balaban J connectivity index is 1.31. The van der Waals surface area contributed by atoms with Gasteiger partial charge in [0.15, 0.2) is 0 Å². The molecule has 0 aliphatic carbocycles. The van der Waals surface area contributed by atoms with Crippen molar-refractivity contribution in [2.45, 2.75) is 37.2 Å². The fourth-order valence-corrected chi connectivity index (χ4v) is 4.35. The van der Waals surface area contributed by atoms with E-state index >= 15 is 0 Å². The molecule has 0 spiro atoms. The molecule has 1 amide bonds. The van der Waals surface area contributed by atoms with Crippen molar-refractivity contribution >= 4 is 23.3 Å². The first kappa shape index (κ1) is 22.8. The molecule has 2 saturated heterocycles. The van der Waals surface area contributed by atoms with Crippen LogP contribution in [-0.4, -0.2) is 65.3 Å². The smallest absolute Gasteiger partial charge is 0.390 e. The van der Waals surface area contributed by atoms with Gasteiger partial charge in [-0.25, -0.2) is 4.98 Å². The zero-order valence-electron chi connectivity index (χ0n) is 17.2. The summed E-state index contributed by atoms with van der Waals surface area (Å²) in [4.78, 5) is 19.8. The molecule has 10 heteroatoms. The maximum absolute atomic E-state index is 13.0. The number of halogens is 4. The maximum atomic E-state index is 13.0. The number of piperidine rings is 1. The molecule has 172 valence electrons. The summed E-state index contributed by atoms with van der Waals surface area (Å²) in [6.45, 7) is 1.74. The number of aliphatic hydroxyl groups excluding tert-OH is 1. The van der Waals surface area contributed by atoms with Crippen molar-refractivity contribution in [3.8, 4) is 0 Å². The van der Waals surface area contributed by atoms with E-state index < -0.39 is 18.0 Å². The summed E-state index contributed by atoms with van der Waals surface area (Å²) in [5, 5.41) is 14.5. The van der Waals surface area contributed by atoms with Gasteiger partial charge in [0.25, 0.3) is 5.91 Å². The Labute approximate surface area is 189 Å². The number of aliphatic hydroxyl groups is 1. The van der Waals surface area contributed by atoms with E-state index in [9.17, 15) is 23.1 Å². The van der Waals surface area contributed by atoms with Gasteiger partial charge in [0.1, 0.15) is 11.5 Å². The molecule has 4 rings (SSSR count). The summed E-state index contributed by atoms with van der Waals surface area (Å²) in [6, 6.07) is 10.4. The largest absolute Gasteiger partial charge is 0.433 e. The number of hydrogen-bond acceptors (Lipinski definition) is 5. The van der Waals surface area contributed by atoms with Crippen LogP contribution in [0.15, 0.2) is 42.5 Å². The van der Waals surface area contributed by atoms with Gasteiger partial charge in [0.05, 0.1) is 12.1 Å². The number of benzene rings is 1. The van der Waals surface area contributed by atoms with Crippen molar-refractivity contribution in [3.63, 3.8) is 0 Å². The van der Waals surface area contributed by atoms with Crippen LogP contribution in [0.1, 0.15) is 28.9 Å². The van der Waals surface area contributed by atoms with Gasteiger partial charge in [-0.2, -0.15) is 13.2 Å². The number of β-amino-alcohol motifs (C(OH)–C–C–N with tert-alkyl or cyclic N) is 1. The molecule has 32 heavy (non-hydrogen) atoms. The molecular weight excluding hydrogens is 445 g/mol. The molecule has 0 saturated carbocycles. The Morgan fingerprint density at radius 3 is 2.44 bits per heavy atom. The van der Waals surface area contributed by atoms with Crippen LogP contribution in [0.5, 0.6) is 0 Å². The third-order valence-corrected chi connectivity index (χ3v) is 6.21. The molecule has 2 aliphatic heterocycles. The van der Waals surface area contributed by atoms with Crippen LogP contribution in [-0.2, 0) is 6.18 Å². The Bertz CT molecular complexity index is 949. The minimum atomic E-state index is -4.51. The SMILES string of the molecule is O=C(c1ccc(Cl)cc1)N1CCC(NC2CN(c3cccc(C(F)(F)F)n3)C[C@H]2O)CC1. The highest BCUT2D eigenvalue weighted by atomic mass is 35.5. The van der Waals surface area contributed by atoms with Crippen LogP contribution in [0.25, 0.3) is 0 Å². The summed E-state index contributed by atoms with van der Waals surface area (Å²) in [5.41, 5.74) is -0.352. The molecule has 1 aromatic heterocycles. The minimum Gasteiger partial charge on any atom is -0.390 e. The van der Waals surface area contributed by atoms with E-state index in [4.69, 9.17) is 11.6 Å². The van der Waals surface area contributed by atoms with Gasteiger partial charge in [-0.15, -0.1) is 0 Å². The predicted molar refractivity (Wildman–Crippen MR) is 115 cm³/mol. The average Bonchev–Trinajstić information content (AvgIpc) is 3.14. The van der Waals surface area contributed by atoms with Crippen molar-refractivity contribution in [1.29, 1.82) is 0 Å². The Kier molecular flexibility index (Phi) is 6.60. The Morgan fingerprint density at radius 1 is 1.09 bits per heavy atom. The quantitative estimate of drug-likeness (QED) is 0.721. The zero-order chi connectivity index (χ0) is 22.9. The summed E-state index contributed by atoms with van der Waals surface area (Å²) in [5.74, 6) is 0.161. The van der Waals surface area contributed by atoms with Gasteiger partial charge >= 0.3 is 6.18 Å². The highest BCUT2D eigenvalue weighted by Gasteiger charge is 2.37. The lowest BCUT2D eigenvalue weighted by atomic mass is 10.0. The van der Waals surface area contributed by atoms with E-state index in [1.54, 1.807) is 34.1 Å². The molecule has 6 nitrogen and oxygen atoms in total. The number of carbonyl (C=O) groups excluding carboxylic acids is 1. The third kappa shape index (κ3) is 5.16. The van der Waals surface area contributed by atoms with Gasteiger partial charge in [-0.05, 0) is 49.2 Å². The monoisotopic (exact) mass is 468 g/mol. The summed E-state index contributed by atoms with van der Waals surface area (Å²) in [7, 11) is 0. The van der Waals surface area contributed by atoms with Gasteiger partial charge in [-0.3, -0.25) is 4.79 Å². The first-order valence-electron chi connectivity index (χ1n) is 10.5. The summed E-state index contributed by atoms with van der Waals surface area (Å²) < 4.78 is 38.9. The van der Waals surface area contributed by atoms with E-state index in [1.165, 1.54) is 12.1 Å². The predicted octanol–water partition coefficient (Wildman–Crippen LogP) is 3.20. The topological polar surface area (TPSA) is 68.7 Å². The van der Waals surface area contributed by atoms with Crippen molar-refractivity contribution in [3.05, 3.63) is 58.7 Å². The molecule has 2 fully saturated rings. The van der Waals surface area contributed by atoms with Crippen LogP contribution >= 0.6 is 11.6 Å². The molecule has 1 unspecified atom stereocenters. The van der Waals surface area contributed by atoms with Gasteiger partial charge in [0.2, 0.25) is 0 Å². The van der Waals surface area contributed by atoms with Crippen LogP contribution in [0.3, 0.4) is 0 Å². The second-order valence-corrected chi connectivity index (χ2v) is 8.63. The van der Waals surface area contributed by atoms with E-state index in [-0.39, 0.29) is 30.4 Å². The standard InChI is InChI=1S/C22H24ClF3N4O2/c23-15-6-4-14(5-7-15)21(32)29-10-8-16(9-11-29)27-17-12-30(13-18(17)31)20-3-1-2-19(28-20)22(24,25)26/h1-7,16-18,27,31H,8-13H2/t17?,18-/m1/s1. The van der Waals surface area contributed by atoms with Crippen LogP contribution < -0.4 is 10.2 Å². The normalized spacial score (nSPS) is 22.4. The number of hydrogen-bond donors (Lipinski definition) is 2. The zero-order valence-corrected chi connectivity index (χ0v) is 18.0. The Hall–Kier alpha value is -2.36. The highest BCUT2D eigenvalue weighted by molar-refractivity contribution is 6.30. The van der Waals surface area contributed by atoms with Crippen LogP contribution in [0, 0.1) is 0 Å². The number of anilines is 1. The molecule has 2 aliphatic rings. The fourth-order valence-electron chi connectivity index (χ4n) is 4.22. The number of amides is 1. The van der Waals surface area contributed by atoms with E-state index in [0.29, 0.717) is 30.2 Å². The number of carbonyl (C=O) groups is 1. The maximum Gasteiger partial charge on any atom is 0.433 e. The second kappa shape index (κ2) is 9.25. The van der Waals surface area contributed by atoms with Crippen LogP contribution in [0.2, 0.25) is 5.02 Å². The third-order valence-electron chi connectivity index (χ3n) is 5.96. The first-order chi connectivity index (χ1) is 15.2. The van der Waals surface area contributed by atoms with Crippen molar-refractivity contribution in [1.82, 2.24) is 15.2 Å². The fraction of sp³-hybridized carbons (Fsp3) is 0.455.